The van der Waals surface area contributed by atoms with Gasteiger partial charge >= 0.3 is 6.03 Å². The number of fused-ring (bicyclic) bond motifs is 1. The molecule has 0 spiro atoms. The third-order valence-electron chi connectivity index (χ3n) is 2.12. The average molecular weight is 290 g/mol. The maximum atomic E-state index is 11.1. The largest absolute Gasteiger partial charge is 0.382 e. The van der Waals surface area contributed by atoms with E-state index in [-0.39, 0.29) is 16.7 Å². The number of nitrogens with zero attached hydrogens (tertiary/aromatic N) is 5. The third kappa shape index (κ3) is 2.56. The third-order valence-corrected chi connectivity index (χ3v) is 4.16. The van der Waals surface area contributed by atoms with Crippen LogP contribution >= 0.6 is 21.6 Å². The summed E-state index contributed by atoms with van der Waals surface area (Å²) in [7, 11) is 2.69. The molecule has 0 unspecified atom stereocenters. The van der Waals surface area contributed by atoms with Gasteiger partial charge in [0.25, 0.3) is 0 Å². The number of amides is 2. The van der Waals surface area contributed by atoms with Crippen LogP contribution in [0.5, 0.6) is 0 Å². The van der Waals surface area contributed by atoms with Crippen molar-refractivity contribution in [2.24, 2.45) is 9.98 Å². The predicted octanol–water partition coefficient (Wildman–Crippen LogP) is 0.626. The van der Waals surface area contributed by atoms with E-state index in [1.807, 2.05) is 18.2 Å². The Bertz CT molecular complexity index is 764. The summed E-state index contributed by atoms with van der Waals surface area (Å²) in [5, 5.41) is 1.49. The Labute approximate surface area is 114 Å². The normalized spacial score (nSPS) is 12.7. The number of carbonyl (C=O) groups is 1. The van der Waals surface area contributed by atoms with Crippen LogP contribution in [0.1, 0.15) is 0 Å². The van der Waals surface area contributed by atoms with Gasteiger partial charge in [0.15, 0.2) is 16.7 Å². The van der Waals surface area contributed by atoms with Crippen molar-refractivity contribution < 1.29 is 4.79 Å². The molecule has 94 valence electrons. The molecule has 19 heavy (non-hydrogen) atoms. The predicted molar refractivity (Wildman–Crippen MR) is 70.1 cm³/mol. The Morgan fingerprint density at radius 2 is 2.00 bits per heavy atom. The van der Waals surface area contributed by atoms with E-state index in [0.717, 1.165) is 5.03 Å². The van der Waals surface area contributed by atoms with Crippen LogP contribution in [0.4, 0.5) is 10.6 Å². The lowest BCUT2D eigenvalue weighted by molar-refractivity contribution is 0.256. The number of hydrogen-bond donors (Lipinski definition) is 1. The highest BCUT2D eigenvalue weighted by Gasteiger charge is 2.12. The summed E-state index contributed by atoms with van der Waals surface area (Å²) in [6.45, 7) is 0. The molecule has 1 aliphatic heterocycles. The molecular weight excluding hydrogens is 284 g/mol. The minimum Gasteiger partial charge on any atom is -0.382 e. The fraction of sp³-hybridized carbons (Fsp3) is 0. The van der Waals surface area contributed by atoms with Gasteiger partial charge in [0.2, 0.25) is 5.16 Å². The van der Waals surface area contributed by atoms with E-state index < -0.39 is 6.03 Å². The lowest BCUT2D eigenvalue weighted by Crippen LogP contribution is -2.30. The highest BCUT2D eigenvalue weighted by Crippen LogP contribution is 2.33. The van der Waals surface area contributed by atoms with Crippen molar-refractivity contribution in [1.29, 1.82) is 0 Å². The summed E-state index contributed by atoms with van der Waals surface area (Å²) in [6.07, 6.45) is 1.70. The zero-order valence-corrected chi connectivity index (χ0v) is 11.0. The van der Waals surface area contributed by atoms with Gasteiger partial charge in [-0.2, -0.15) is 15.0 Å². The topological polar surface area (TPSA) is 106 Å². The fourth-order valence-corrected chi connectivity index (χ4v) is 3.01. The zero-order valence-electron chi connectivity index (χ0n) is 9.35. The summed E-state index contributed by atoms with van der Waals surface area (Å²) in [4.78, 5) is 30.7. The molecule has 3 rings (SSSR count). The number of urea groups is 1. The van der Waals surface area contributed by atoms with Crippen molar-refractivity contribution in [2.45, 2.75) is 10.2 Å². The summed E-state index contributed by atoms with van der Waals surface area (Å²) < 4.78 is 0. The Hall–Kier alpha value is -2.00. The maximum absolute atomic E-state index is 11.1. The molecule has 0 saturated carbocycles. The van der Waals surface area contributed by atoms with Crippen LogP contribution in [-0.4, -0.2) is 21.0 Å². The second-order valence-corrected chi connectivity index (χ2v) is 5.52. The lowest BCUT2D eigenvalue weighted by Gasteiger charge is -1.99. The molecule has 9 heteroatoms. The molecule has 2 aromatic heterocycles. The number of pyridine rings is 1. The number of nitrogens with two attached hydrogens (primary N) is 1. The highest BCUT2D eigenvalue weighted by molar-refractivity contribution is 8.76. The molecule has 0 fully saturated rings. The van der Waals surface area contributed by atoms with E-state index in [4.69, 9.17) is 5.73 Å². The standard InChI is InChI=1S/C10H6N6OS2/c11-7-6-8(15-9(17)13-6)16-10(14-7)19-18-5-3-1-2-4-12-5/h1-4H,(H2,11,14,15,16,17). The molecule has 7 nitrogen and oxygen atoms in total. The molecule has 0 atom stereocenters. The van der Waals surface area contributed by atoms with Gasteiger partial charge in [0.05, 0.1) is 0 Å². The van der Waals surface area contributed by atoms with Crippen LogP contribution in [0.15, 0.2) is 44.6 Å². The first-order valence-corrected chi connectivity index (χ1v) is 7.28. The van der Waals surface area contributed by atoms with E-state index in [2.05, 4.69) is 24.9 Å². The van der Waals surface area contributed by atoms with Crippen molar-refractivity contribution in [3.05, 3.63) is 35.2 Å². The van der Waals surface area contributed by atoms with Crippen LogP contribution in [0.2, 0.25) is 0 Å². The fourth-order valence-electron chi connectivity index (χ4n) is 1.35. The number of carbonyl (C=O) groups excluding carboxylic acids is 1. The number of aromatic nitrogens is 3. The highest BCUT2D eigenvalue weighted by atomic mass is 33.1. The zero-order chi connectivity index (χ0) is 13.2. The van der Waals surface area contributed by atoms with Crippen molar-refractivity contribution in [1.82, 2.24) is 15.0 Å². The van der Waals surface area contributed by atoms with E-state index in [0.29, 0.717) is 5.16 Å². The number of rotatable bonds is 3. The van der Waals surface area contributed by atoms with E-state index in [9.17, 15) is 4.79 Å². The summed E-state index contributed by atoms with van der Waals surface area (Å²) >= 11 is 0. The van der Waals surface area contributed by atoms with Crippen LogP contribution in [0, 0.1) is 0 Å². The monoisotopic (exact) mass is 290 g/mol. The molecule has 0 aliphatic carbocycles. The van der Waals surface area contributed by atoms with Gasteiger partial charge in [-0.15, -0.1) is 0 Å². The van der Waals surface area contributed by atoms with Gasteiger partial charge in [-0.3, -0.25) is 0 Å². The summed E-state index contributed by atoms with van der Waals surface area (Å²) in [6, 6.07) is 5.00. The molecule has 2 aromatic rings. The second kappa shape index (κ2) is 4.94. The number of hydrogen-bond acceptors (Lipinski definition) is 7. The Morgan fingerprint density at radius 3 is 2.79 bits per heavy atom. The average Bonchev–Trinajstić information content (AvgIpc) is 2.79. The first-order chi connectivity index (χ1) is 9.22. The first-order valence-electron chi connectivity index (χ1n) is 5.13. The lowest BCUT2D eigenvalue weighted by atomic mass is 10.5. The van der Waals surface area contributed by atoms with E-state index in [1.165, 1.54) is 21.6 Å². The minimum atomic E-state index is -0.601. The summed E-state index contributed by atoms with van der Waals surface area (Å²) in [5.74, 6) is 0.156. The molecule has 0 bridgehead atoms. The SMILES string of the molecule is Nc1nc(SSc2ccccn2)nc2c1=NC(=O)N=2. The van der Waals surface area contributed by atoms with Crippen molar-refractivity contribution in [2.75, 3.05) is 5.73 Å². The van der Waals surface area contributed by atoms with Gasteiger partial charge in [-0.05, 0) is 33.7 Å². The van der Waals surface area contributed by atoms with Gasteiger partial charge in [-0.25, -0.2) is 14.8 Å². The van der Waals surface area contributed by atoms with Crippen LogP contribution in [0.25, 0.3) is 0 Å². The van der Waals surface area contributed by atoms with Gasteiger partial charge in [0, 0.05) is 6.20 Å². The molecule has 2 N–H and O–H groups in total. The van der Waals surface area contributed by atoms with Gasteiger partial charge in [0.1, 0.15) is 5.03 Å². The minimum absolute atomic E-state index is 0.156. The van der Waals surface area contributed by atoms with Crippen molar-refractivity contribution >= 4 is 33.4 Å². The van der Waals surface area contributed by atoms with Gasteiger partial charge < -0.3 is 5.73 Å². The number of nitrogen functional groups attached to an aromatic ring is 1. The Morgan fingerprint density at radius 1 is 1.11 bits per heavy atom. The van der Waals surface area contributed by atoms with Crippen LogP contribution < -0.4 is 16.6 Å². The molecule has 2 amide bonds. The quantitative estimate of drug-likeness (QED) is 0.652. The molecule has 1 aliphatic rings. The van der Waals surface area contributed by atoms with Crippen molar-refractivity contribution in [3.8, 4) is 0 Å². The maximum Gasteiger partial charge on any atom is 0.369 e. The first kappa shape index (κ1) is 12.1. The second-order valence-electron chi connectivity index (χ2n) is 3.40. The van der Waals surface area contributed by atoms with Gasteiger partial charge in [-0.1, -0.05) is 6.07 Å². The van der Waals surface area contributed by atoms with E-state index >= 15 is 0 Å². The Kier molecular flexibility index (Phi) is 3.13. The van der Waals surface area contributed by atoms with Crippen molar-refractivity contribution in [3.63, 3.8) is 0 Å². The molecule has 0 radical (unpaired) electrons. The molecule has 3 heterocycles. The smallest absolute Gasteiger partial charge is 0.369 e. The Balaban J connectivity index is 1.87. The van der Waals surface area contributed by atoms with Crippen LogP contribution in [-0.2, 0) is 0 Å². The number of anilines is 1. The van der Waals surface area contributed by atoms with E-state index in [1.54, 1.807) is 6.20 Å². The molecule has 0 saturated heterocycles. The van der Waals surface area contributed by atoms with Crippen LogP contribution in [0.3, 0.4) is 0 Å². The molecular formula is C10H6N6OS2. The summed E-state index contributed by atoms with van der Waals surface area (Å²) in [5.41, 5.74) is 5.93. The molecule has 0 aromatic carbocycles.